The molecular weight excluding hydrogens is 510 g/mol. The maximum atomic E-state index is 12.3. The van der Waals surface area contributed by atoms with Gasteiger partial charge in [0.25, 0.3) is 11.1 Å². The Labute approximate surface area is 222 Å². The van der Waals surface area contributed by atoms with Crippen LogP contribution in [0.3, 0.4) is 0 Å². The lowest BCUT2D eigenvalue weighted by atomic mass is 10.1. The van der Waals surface area contributed by atoms with Gasteiger partial charge in [-0.25, -0.2) is 4.79 Å². The number of thioether (sulfide) groups is 1. The number of carboxylic acids is 1. The van der Waals surface area contributed by atoms with Gasteiger partial charge in [-0.1, -0.05) is 60.1 Å². The number of hydrogen-bond acceptors (Lipinski definition) is 6. The number of nitrogens with zero attached hydrogens (tertiary/aromatic N) is 3. The third-order valence-corrected chi connectivity index (χ3v) is 7.03. The predicted octanol–water partition coefficient (Wildman–Crippen LogP) is 6.93. The van der Waals surface area contributed by atoms with E-state index in [1.54, 1.807) is 24.3 Å². The second-order valence-electron chi connectivity index (χ2n) is 8.22. The average Bonchev–Trinajstić information content (AvgIpc) is 3.47. The van der Waals surface area contributed by atoms with Crippen LogP contribution in [0.1, 0.15) is 16.8 Å². The van der Waals surface area contributed by atoms with E-state index in [1.807, 2.05) is 49.4 Å². The normalized spacial score (nSPS) is 11.7. The molecule has 0 atom stereocenters. The molecule has 0 fully saturated rings. The van der Waals surface area contributed by atoms with Gasteiger partial charge >= 0.3 is 5.97 Å². The number of rotatable bonds is 8. The van der Waals surface area contributed by atoms with Crippen LogP contribution in [0.5, 0.6) is 5.75 Å². The van der Waals surface area contributed by atoms with Gasteiger partial charge in [-0.2, -0.15) is 0 Å². The first-order valence-electron chi connectivity index (χ1n) is 11.4. The molecule has 0 aliphatic rings. The van der Waals surface area contributed by atoms with Gasteiger partial charge < -0.3 is 18.8 Å². The largest absolute Gasteiger partial charge is 0.496 e. The number of halogens is 1. The molecule has 7 nitrogen and oxygen atoms in total. The molecule has 2 heterocycles. The summed E-state index contributed by atoms with van der Waals surface area (Å²) in [5.74, 6) is -0.396. The van der Waals surface area contributed by atoms with Crippen molar-refractivity contribution in [1.29, 1.82) is 0 Å². The first kappa shape index (κ1) is 24.7. The highest BCUT2D eigenvalue weighted by atomic mass is 35.5. The van der Waals surface area contributed by atoms with Crippen LogP contribution in [-0.4, -0.2) is 33.0 Å². The number of carboxylic acid groups (broad SMARTS) is 1. The molecular formula is C28H22ClN3O4S. The Morgan fingerprint density at radius 2 is 1.86 bits per heavy atom. The van der Waals surface area contributed by atoms with Gasteiger partial charge in [0.1, 0.15) is 10.7 Å². The number of benzene rings is 3. The van der Waals surface area contributed by atoms with Gasteiger partial charge in [0.15, 0.2) is 0 Å². The first-order valence-corrected chi connectivity index (χ1v) is 12.6. The Bertz CT molecular complexity index is 1630. The van der Waals surface area contributed by atoms with Crippen molar-refractivity contribution in [3.8, 4) is 17.2 Å². The lowest BCUT2D eigenvalue weighted by Crippen LogP contribution is -2.02. The van der Waals surface area contributed by atoms with Crippen molar-refractivity contribution in [2.75, 3.05) is 7.11 Å². The van der Waals surface area contributed by atoms with Crippen molar-refractivity contribution in [1.82, 2.24) is 14.8 Å². The quantitative estimate of drug-likeness (QED) is 0.171. The minimum absolute atomic E-state index is 0.0546. The van der Waals surface area contributed by atoms with Crippen molar-refractivity contribution in [3.05, 3.63) is 99.5 Å². The Morgan fingerprint density at radius 3 is 2.62 bits per heavy atom. The SMILES string of the molecule is COc1ccc(Cl)cc1-c1nnc(S/C(=C\c2c(C)n(Cc3ccccc3)c3ccccc23)C(=O)O)o1. The number of aliphatic carboxylic acids is 1. The van der Waals surface area contributed by atoms with Gasteiger partial charge in [0.05, 0.1) is 12.7 Å². The molecule has 5 rings (SSSR count). The number of ether oxygens (including phenoxy) is 1. The minimum atomic E-state index is -1.09. The molecule has 0 saturated heterocycles. The smallest absolute Gasteiger partial charge is 0.342 e. The van der Waals surface area contributed by atoms with Gasteiger partial charge in [-0.05, 0) is 54.6 Å². The number of fused-ring (bicyclic) bond motifs is 1. The number of para-hydroxylation sites is 1. The number of hydrogen-bond donors (Lipinski definition) is 1. The summed E-state index contributed by atoms with van der Waals surface area (Å²) >= 11 is 7.02. The van der Waals surface area contributed by atoms with E-state index >= 15 is 0 Å². The molecule has 37 heavy (non-hydrogen) atoms. The monoisotopic (exact) mass is 531 g/mol. The molecule has 186 valence electrons. The van der Waals surface area contributed by atoms with Crippen molar-refractivity contribution >= 4 is 46.3 Å². The zero-order chi connectivity index (χ0) is 25.9. The Kier molecular flexibility index (Phi) is 7.03. The van der Waals surface area contributed by atoms with Crippen molar-refractivity contribution in [2.24, 2.45) is 0 Å². The molecule has 0 spiro atoms. The topological polar surface area (TPSA) is 90.4 Å². The summed E-state index contributed by atoms with van der Waals surface area (Å²) in [6, 6.07) is 23.2. The van der Waals surface area contributed by atoms with E-state index in [0.717, 1.165) is 39.5 Å². The zero-order valence-corrected chi connectivity index (χ0v) is 21.6. The van der Waals surface area contributed by atoms with Crippen molar-refractivity contribution < 1.29 is 19.1 Å². The third-order valence-electron chi connectivity index (χ3n) is 5.95. The molecule has 0 aliphatic carbocycles. The van der Waals surface area contributed by atoms with Crippen LogP contribution in [0.4, 0.5) is 0 Å². The fourth-order valence-corrected chi connectivity index (χ4v) is 5.00. The summed E-state index contributed by atoms with van der Waals surface area (Å²) in [4.78, 5) is 12.3. The number of aromatic nitrogens is 3. The summed E-state index contributed by atoms with van der Waals surface area (Å²) < 4.78 is 13.3. The van der Waals surface area contributed by atoms with Crippen LogP contribution in [0.25, 0.3) is 28.4 Å². The van der Waals surface area contributed by atoms with E-state index in [-0.39, 0.29) is 16.0 Å². The lowest BCUT2D eigenvalue weighted by Gasteiger charge is -2.08. The minimum Gasteiger partial charge on any atom is -0.496 e. The standard InChI is InChI=1S/C28H22ClN3O4S/c1-17-21(20-10-6-7-11-23(20)32(17)16-18-8-4-3-5-9-18)15-25(27(33)34)37-28-31-30-26(36-28)22-14-19(29)12-13-24(22)35-2/h3-15H,16H2,1-2H3,(H,33,34)/b25-15-. The van der Waals surface area contributed by atoms with Gasteiger partial charge in [-0.15, -0.1) is 10.2 Å². The van der Waals surface area contributed by atoms with Crippen LogP contribution in [0.15, 0.2) is 87.3 Å². The fourth-order valence-electron chi connectivity index (χ4n) is 4.18. The third kappa shape index (κ3) is 5.12. The molecule has 0 saturated carbocycles. The van der Waals surface area contributed by atoms with Crippen LogP contribution in [0, 0.1) is 6.92 Å². The van der Waals surface area contributed by atoms with Crippen LogP contribution in [-0.2, 0) is 11.3 Å². The summed E-state index contributed by atoms with van der Waals surface area (Å²) in [6.07, 6.45) is 1.66. The summed E-state index contributed by atoms with van der Waals surface area (Å²) in [5.41, 5.74) is 4.49. The average molecular weight is 532 g/mol. The number of methoxy groups -OCH3 is 1. The highest BCUT2D eigenvalue weighted by Gasteiger charge is 2.20. The maximum absolute atomic E-state index is 12.3. The number of carbonyl (C=O) groups is 1. The van der Waals surface area contributed by atoms with Crippen LogP contribution < -0.4 is 4.74 Å². The zero-order valence-electron chi connectivity index (χ0n) is 20.0. The fraction of sp³-hybridized carbons (Fsp3) is 0.107. The summed E-state index contributed by atoms with van der Waals surface area (Å²) in [5, 5.41) is 19.7. The van der Waals surface area contributed by atoms with Crippen molar-refractivity contribution in [3.63, 3.8) is 0 Å². The second kappa shape index (κ2) is 10.5. The van der Waals surface area contributed by atoms with Gasteiger partial charge in [0, 0.05) is 33.7 Å². The Morgan fingerprint density at radius 1 is 1.11 bits per heavy atom. The summed E-state index contributed by atoms with van der Waals surface area (Å²) in [6.45, 7) is 2.67. The van der Waals surface area contributed by atoms with Crippen molar-refractivity contribution in [2.45, 2.75) is 18.7 Å². The lowest BCUT2D eigenvalue weighted by molar-refractivity contribution is -0.131. The molecule has 0 aliphatic heterocycles. The molecule has 0 bridgehead atoms. The predicted molar refractivity (Wildman–Crippen MR) is 145 cm³/mol. The highest BCUT2D eigenvalue weighted by Crippen LogP contribution is 2.36. The van der Waals surface area contributed by atoms with E-state index in [4.69, 9.17) is 20.8 Å². The molecule has 5 aromatic rings. The van der Waals surface area contributed by atoms with E-state index in [0.29, 0.717) is 22.9 Å². The molecule has 0 unspecified atom stereocenters. The van der Waals surface area contributed by atoms with Crippen LogP contribution >= 0.6 is 23.4 Å². The first-order chi connectivity index (χ1) is 17.9. The van der Waals surface area contributed by atoms with E-state index < -0.39 is 5.97 Å². The van der Waals surface area contributed by atoms with Crippen LogP contribution in [0.2, 0.25) is 5.02 Å². The Balaban J connectivity index is 1.52. The maximum Gasteiger partial charge on any atom is 0.342 e. The van der Waals surface area contributed by atoms with E-state index in [9.17, 15) is 9.90 Å². The molecule has 0 radical (unpaired) electrons. The van der Waals surface area contributed by atoms with Gasteiger partial charge in [0.2, 0.25) is 0 Å². The second-order valence-corrected chi connectivity index (χ2v) is 9.65. The molecule has 9 heteroatoms. The highest BCUT2D eigenvalue weighted by molar-refractivity contribution is 8.03. The van der Waals surface area contributed by atoms with E-state index in [1.165, 1.54) is 7.11 Å². The molecule has 3 aromatic carbocycles. The van der Waals surface area contributed by atoms with E-state index in [2.05, 4.69) is 26.9 Å². The molecule has 1 N–H and O–H groups in total. The summed E-state index contributed by atoms with van der Waals surface area (Å²) in [7, 11) is 1.53. The Hall–Kier alpha value is -4.01. The van der Waals surface area contributed by atoms with Gasteiger partial charge in [-0.3, -0.25) is 0 Å². The molecule has 2 aromatic heterocycles. The molecule has 0 amide bonds.